The number of rotatable bonds is 5. The average Bonchev–Trinajstić information content (AvgIpc) is 3.03. The molecule has 0 amide bonds. The Labute approximate surface area is 176 Å². The fourth-order valence-corrected chi connectivity index (χ4v) is 4.39. The molecule has 6 nitrogen and oxygen atoms in total. The third-order valence-electron chi connectivity index (χ3n) is 5.88. The lowest BCUT2D eigenvalue weighted by atomic mass is 9.91. The molecule has 1 aliphatic heterocycles. The van der Waals surface area contributed by atoms with Crippen LogP contribution in [-0.2, 0) is 13.0 Å². The van der Waals surface area contributed by atoms with Gasteiger partial charge in [-0.3, -0.25) is 9.55 Å². The van der Waals surface area contributed by atoms with Crippen molar-refractivity contribution in [1.29, 1.82) is 0 Å². The van der Waals surface area contributed by atoms with Gasteiger partial charge in [0.2, 0.25) is 5.88 Å². The van der Waals surface area contributed by atoms with Gasteiger partial charge in [0, 0.05) is 23.8 Å². The smallest absolute Gasteiger partial charge is 0.328 e. The molecule has 6 heteroatoms. The number of methoxy groups -OCH3 is 1. The molecule has 1 aliphatic rings. The van der Waals surface area contributed by atoms with Gasteiger partial charge < -0.3 is 14.7 Å². The van der Waals surface area contributed by atoms with Crippen molar-refractivity contribution >= 4 is 5.69 Å². The SMILES string of the molecule is COc1ccc(Cn2cc(O)[nH]c2=O)cc1-c1cc2c(cc1C)N(C(C)C)CCC2. The van der Waals surface area contributed by atoms with Crippen LogP contribution in [0.1, 0.15) is 37.0 Å². The maximum atomic E-state index is 11.9. The Balaban J connectivity index is 1.77. The van der Waals surface area contributed by atoms with Gasteiger partial charge in [-0.05, 0) is 80.1 Å². The number of anilines is 1. The first-order valence-corrected chi connectivity index (χ1v) is 10.4. The maximum Gasteiger partial charge on any atom is 0.328 e. The molecular weight excluding hydrogens is 378 g/mol. The van der Waals surface area contributed by atoms with Crippen molar-refractivity contribution in [2.45, 2.75) is 46.2 Å². The first-order valence-electron chi connectivity index (χ1n) is 10.4. The summed E-state index contributed by atoms with van der Waals surface area (Å²) in [4.78, 5) is 16.8. The van der Waals surface area contributed by atoms with E-state index in [9.17, 15) is 9.90 Å². The molecule has 4 rings (SSSR count). The van der Waals surface area contributed by atoms with E-state index in [-0.39, 0.29) is 11.6 Å². The Kier molecular flexibility index (Phi) is 5.33. The first kappa shape index (κ1) is 20.1. The van der Waals surface area contributed by atoms with E-state index < -0.39 is 0 Å². The molecule has 0 fully saturated rings. The van der Waals surface area contributed by atoms with E-state index >= 15 is 0 Å². The minimum atomic E-state index is -0.330. The second-order valence-electron chi connectivity index (χ2n) is 8.29. The van der Waals surface area contributed by atoms with Crippen LogP contribution in [-0.4, -0.2) is 34.4 Å². The van der Waals surface area contributed by atoms with Crippen molar-refractivity contribution in [2.75, 3.05) is 18.6 Å². The highest BCUT2D eigenvalue weighted by molar-refractivity contribution is 5.78. The Hall–Kier alpha value is -3.15. The van der Waals surface area contributed by atoms with Gasteiger partial charge in [0.05, 0.1) is 19.9 Å². The van der Waals surface area contributed by atoms with Crippen molar-refractivity contribution in [3.63, 3.8) is 0 Å². The van der Waals surface area contributed by atoms with Crippen molar-refractivity contribution < 1.29 is 9.84 Å². The number of aryl methyl sites for hydroxylation is 2. The Morgan fingerprint density at radius 1 is 1.20 bits per heavy atom. The predicted octanol–water partition coefficient (Wildman–Crippen LogP) is 4.08. The van der Waals surface area contributed by atoms with Crippen LogP contribution in [0.5, 0.6) is 11.6 Å². The molecular formula is C24H29N3O3. The Morgan fingerprint density at radius 3 is 2.67 bits per heavy atom. The van der Waals surface area contributed by atoms with Crippen LogP contribution in [0.4, 0.5) is 5.69 Å². The molecule has 0 spiro atoms. The second-order valence-corrected chi connectivity index (χ2v) is 8.29. The number of H-pyrrole nitrogens is 1. The topological polar surface area (TPSA) is 70.5 Å². The summed E-state index contributed by atoms with van der Waals surface area (Å²) < 4.78 is 7.13. The van der Waals surface area contributed by atoms with Crippen LogP contribution in [0, 0.1) is 6.92 Å². The summed E-state index contributed by atoms with van der Waals surface area (Å²) in [5.74, 6) is 0.677. The summed E-state index contributed by atoms with van der Waals surface area (Å²) in [6.45, 7) is 8.10. The zero-order valence-corrected chi connectivity index (χ0v) is 18.0. The molecule has 0 aliphatic carbocycles. The highest BCUT2D eigenvalue weighted by atomic mass is 16.5. The molecule has 0 radical (unpaired) electrons. The highest BCUT2D eigenvalue weighted by Gasteiger charge is 2.22. The summed E-state index contributed by atoms with van der Waals surface area (Å²) >= 11 is 0. The van der Waals surface area contributed by atoms with E-state index in [1.807, 2.05) is 12.1 Å². The molecule has 0 unspecified atom stereocenters. The van der Waals surface area contributed by atoms with Crippen molar-refractivity contribution in [1.82, 2.24) is 9.55 Å². The summed E-state index contributed by atoms with van der Waals surface area (Å²) in [6.07, 6.45) is 3.65. The zero-order chi connectivity index (χ0) is 21.4. The number of benzene rings is 2. The number of hydrogen-bond donors (Lipinski definition) is 2. The van der Waals surface area contributed by atoms with E-state index in [1.54, 1.807) is 7.11 Å². The van der Waals surface area contributed by atoms with Crippen LogP contribution >= 0.6 is 0 Å². The second kappa shape index (κ2) is 7.94. The van der Waals surface area contributed by atoms with Crippen molar-refractivity contribution in [3.05, 3.63) is 63.7 Å². The number of aromatic hydroxyl groups is 1. The lowest BCUT2D eigenvalue weighted by molar-refractivity contribution is 0.416. The van der Waals surface area contributed by atoms with E-state index in [2.05, 4.69) is 48.9 Å². The molecule has 3 aromatic rings. The molecule has 1 aromatic heterocycles. The molecule has 2 N–H and O–H groups in total. The van der Waals surface area contributed by atoms with Gasteiger partial charge in [-0.25, -0.2) is 4.79 Å². The lowest BCUT2D eigenvalue weighted by Gasteiger charge is -2.35. The average molecular weight is 408 g/mol. The fraction of sp³-hybridized carbons (Fsp3) is 0.375. The van der Waals surface area contributed by atoms with Crippen molar-refractivity contribution in [3.8, 4) is 22.8 Å². The number of fused-ring (bicyclic) bond motifs is 1. The standard InChI is InChI=1S/C24H29N3O3/c1-15(2)27-9-5-6-18-12-19(16(3)10-21(18)27)20-11-17(7-8-22(20)30-4)13-26-14-23(28)25-24(26)29/h7-8,10-12,14-15,28H,5-6,9,13H2,1-4H3,(H,25,29). The van der Waals surface area contributed by atoms with Crippen LogP contribution in [0.15, 0.2) is 41.3 Å². The van der Waals surface area contributed by atoms with Gasteiger partial charge in [0.15, 0.2) is 0 Å². The third-order valence-corrected chi connectivity index (χ3v) is 5.88. The van der Waals surface area contributed by atoms with E-state index in [0.29, 0.717) is 12.6 Å². The van der Waals surface area contributed by atoms with Gasteiger partial charge in [0.1, 0.15) is 5.75 Å². The molecule has 0 bridgehead atoms. The fourth-order valence-electron chi connectivity index (χ4n) is 4.39. The molecule has 2 heterocycles. The van der Waals surface area contributed by atoms with E-state index in [0.717, 1.165) is 41.8 Å². The van der Waals surface area contributed by atoms with E-state index in [1.165, 1.54) is 27.6 Å². The number of ether oxygens (including phenoxy) is 1. The molecule has 2 aromatic carbocycles. The van der Waals surface area contributed by atoms with Gasteiger partial charge >= 0.3 is 5.69 Å². The number of imidazole rings is 1. The van der Waals surface area contributed by atoms with Gasteiger partial charge in [-0.15, -0.1) is 0 Å². The minimum absolute atomic E-state index is 0.131. The largest absolute Gasteiger partial charge is 0.496 e. The molecule has 30 heavy (non-hydrogen) atoms. The van der Waals surface area contributed by atoms with Crippen molar-refractivity contribution in [2.24, 2.45) is 0 Å². The summed E-state index contributed by atoms with van der Waals surface area (Å²) in [7, 11) is 1.68. The van der Waals surface area contributed by atoms with Gasteiger partial charge in [-0.2, -0.15) is 0 Å². The highest BCUT2D eigenvalue weighted by Crippen LogP contribution is 2.39. The molecule has 0 saturated carbocycles. The number of nitrogens with one attached hydrogen (secondary N) is 1. The number of aromatic nitrogens is 2. The number of aromatic amines is 1. The summed E-state index contributed by atoms with van der Waals surface area (Å²) in [5, 5.41) is 9.54. The third kappa shape index (κ3) is 3.70. The van der Waals surface area contributed by atoms with Crippen LogP contribution in [0.3, 0.4) is 0 Å². The number of hydrogen-bond acceptors (Lipinski definition) is 4. The molecule has 0 saturated heterocycles. The summed E-state index contributed by atoms with van der Waals surface area (Å²) in [6, 6.07) is 11.0. The quantitative estimate of drug-likeness (QED) is 0.669. The minimum Gasteiger partial charge on any atom is -0.496 e. The predicted molar refractivity (Wildman–Crippen MR) is 120 cm³/mol. The van der Waals surface area contributed by atoms with Gasteiger partial charge in [-0.1, -0.05) is 6.07 Å². The lowest BCUT2D eigenvalue weighted by Crippen LogP contribution is -2.35. The Bertz CT molecular complexity index is 1130. The van der Waals surface area contributed by atoms with Gasteiger partial charge in [0.25, 0.3) is 0 Å². The normalized spacial score (nSPS) is 13.6. The zero-order valence-electron chi connectivity index (χ0n) is 18.0. The van der Waals surface area contributed by atoms with Crippen LogP contribution in [0.2, 0.25) is 0 Å². The van der Waals surface area contributed by atoms with E-state index in [4.69, 9.17) is 4.74 Å². The summed E-state index contributed by atoms with van der Waals surface area (Å²) in [5.41, 5.74) is 6.72. The number of nitrogens with zero attached hydrogens (tertiary/aromatic N) is 2. The molecule has 158 valence electrons. The van der Waals surface area contributed by atoms with Crippen LogP contribution < -0.4 is 15.3 Å². The maximum absolute atomic E-state index is 11.9. The monoisotopic (exact) mass is 407 g/mol. The van der Waals surface area contributed by atoms with Crippen LogP contribution in [0.25, 0.3) is 11.1 Å². The molecule has 0 atom stereocenters. The Morgan fingerprint density at radius 2 is 2.00 bits per heavy atom. The first-order chi connectivity index (χ1) is 14.4.